The fourth-order valence-corrected chi connectivity index (χ4v) is 4.18. The molecule has 0 saturated carbocycles. The van der Waals surface area contributed by atoms with Crippen LogP contribution < -0.4 is 0 Å². The van der Waals surface area contributed by atoms with Gasteiger partial charge in [0.15, 0.2) is 0 Å². The number of imidazole rings is 1. The number of unbranched alkanes of at least 4 members (excludes halogenated alkanes) is 1. The van der Waals surface area contributed by atoms with Crippen molar-refractivity contribution in [3.8, 4) is 22.5 Å². The molecule has 5 rings (SSSR count). The van der Waals surface area contributed by atoms with E-state index in [0.29, 0.717) is 10.8 Å². The molecule has 0 atom stereocenters. The highest BCUT2D eigenvalue weighted by molar-refractivity contribution is 6.33. The van der Waals surface area contributed by atoms with E-state index in [1.807, 2.05) is 6.07 Å². The molecule has 5 aromatic rings. The van der Waals surface area contributed by atoms with Crippen LogP contribution in [0.4, 0.5) is 4.39 Å². The zero-order chi connectivity index (χ0) is 21.4. The minimum absolute atomic E-state index is 0.272. The molecule has 0 bridgehead atoms. The minimum Gasteiger partial charge on any atom is -0.337 e. The summed E-state index contributed by atoms with van der Waals surface area (Å²) in [6.45, 7) is 2.21. The van der Waals surface area contributed by atoms with Crippen LogP contribution in [0.25, 0.3) is 44.5 Å². The second kappa shape index (κ2) is 8.12. The third-order valence-electron chi connectivity index (χ3n) is 5.62. The van der Waals surface area contributed by atoms with Gasteiger partial charge in [0.2, 0.25) is 0 Å². The summed E-state index contributed by atoms with van der Waals surface area (Å²) in [5.74, 6) is -0.00682. The summed E-state index contributed by atoms with van der Waals surface area (Å²) in [7, 11) is 0. The first kappa shape index (κ1) is 19.7. The Balaban J connectivity index is 1.55. The Hall–Kier alpha value is -3.24. The lowest BCUT2D eigenvalue weighted by Crippen LogP contribution is -1.87. The van der Waals surface area contributed by atoms with E-state index < -0.39 is 5.82 Å². The molecule has 154 valence electrons. The first-order valence-corrected chi connectivity index (χ1v) is 10.8. The van der Waals surface area contributed by atoms with Crippen molar-refractivity contribution in [3.05, 3.63) is 83.3 Å². The van der Waals surface area contributed by atoms with Gasteiger partial charge in [0, 0.05) is 5.39 Å². The average molecular weight is 430 g/mol. The number of hydrogen-bond acceptors (Lipinski definition) is 2. The monoisotopic (exact) mass is 429 g/mol. The third-order valence-corrected chi connectivity index (χ3v) is 5.94. The van der Waals surface area contributed by atoms with Crippen molar-refractivity contribution in [3.63, 3.8) is 0 Å². The molecule has 0 fully saturated rings. The van der Waals surface area contributed by atoms with Crippen molar-refractivity contribution in [2.75, 3.05) is 0 Å². The SMILES string of the molecule is CCCCc1ccc(-c2ccc3c(c2)ncc2[nH]c(-c4c(F)cccc4Cl)nc23)cc1. The molecular formula is C26H21ClFN3. The lowest BCUT2D eigenvalue weighted by molar-refractivity contribution is 0.630. The van der Waals surface area contributed by atoms with Crippen LogP contribution in [0, 0.1) is 5.82 Å². The van der Waals surface area contributed by atoms with Crippen LogP contribution in [0.3, 0.4) is 0 Å². The standard InChI is InChI=1S/C26H21ClFN3/c1-2-3-5-16-8-10-17(11-9-16)18-12-13-19-22(14-18)29-15-23-25(19)31-26(30-23)24-20(27)6-4-7-21(24)28/h4,6-15H,2-3,5H2,1H3,(H,30,31). The van der Waals surface area contributed by atoms with Gasteiger partial charge >= 0.3 is 0 Å². The summed E-state index contributed by atoms with van der Waals surface area (Å²) in [4.78, 5) is 12.4. The summed E-state index contributed by atoms with van der Waals surface area (Å²) >= 11 is 6.22. The number of nitrogens with zero attached hydrogens (tertiary/aromatic N) is 2. The molecule has 0 aliphatic rings. The van der Waals surface area contributed by atoms with Crippen LogP contribution in [0.5, 0.6) is 0 Å². The summed E-state index contributed by atoms with van der Waals surface area (Å²) in [5, 5.41) is 1.23. The highest BCUT2D eigenvalue weighted by Gasteiger charge is 2.15. The lowest BCUT2D eigenvalue weighted by atomic mass is 10.0. The normalized spacial score (nSPS) is 11.5. The maximum Gasteiger partial charge on any atom is 0.143 e. The molecule has 0 unspecified atom stereocenters. The maximum atomic E-state index is 14.4. The van der Waals surface area contributed by atoms with Gasteiger partial charge in [-0.05, 0) is 53.8 Å². The Bertz CT molecular complexity index is 1370. The molecule has 0 aliphatic carbocycles. The molecule has 0 saturated heterocycles. The number of fused-ring (bicyclic) bond motifs is 3. The largest absolute Gasteiger partial charge is 0.337 e. The Labute approximate surface area is 184 Å². The van der Waals surface area contributed by atoms with Gasteiger partial charge in [-0.3, -0.25) is 4.98 Å². The molecule has 0 radical (unpaired) electrons. The zero-order valence-corrected chi connectivity index (χ0v) is 17.9. The quantitative estimate of drug-likeness (QED) is 0.313. The molecule has 2 aromatic heterocycles. The van der Waals surface area contributed by atoms with Crippen LogP contribution in [0.15, 0.2) is 66.9 Å². The van der Waals surface area contributed by atoms with Crippen LogP contribution in [0.1, 0.15) is 25.3 Å². The predicted molar refractivity (Wildman–Crippen MR) is 126 cm³/mol. The fourth-order valence-electron chi connectivity index (χ4n) is 3.93. The first-order valence-electron chi connectivity index (χ1n) is 10.5. The van der Waals surface area contributed by atoms with Crippen molar-refractivity contribution < 1.29 is 4.39 Å². The third kappa shape index (κ3) is 3.68. The van der Waals surface area contributed by atoms with Crippen LogP contribution in [0.2, 0.25) is 5.02 Å². The van der Waals surface area contributed by atoms with Crippen molar-refractivity contribution in [2.45, 2.75) is 26.2 Å². The number of aryl methyl sites for hydroxylation is 1. The molecular weight excluding hydrogens is 409 g/mol. The molecule has 0 spiro atoms. The average Bonchev–Trinajstić information content (AvgIpc) is 3.22. The van der Waals surface area contributed by atoms with Crippen LogP contribution >= 0.6 is 11.6 Å². The van der Waals surface area contributed by atoms with Crippen LogP contribution in [-0.4, -0.2) is 15.0 Å². The maximum absolute atomic E-state index is 14.4. The number of H-pyrrole nitrogens is 1. The Morgan fingerprint density at radius 2 is 1.81 bits per heavy atom. The highest BCUT2D eigenvalue weighted by atomic mass is 35.5. The summed E-state index contributed by atoms with van der Waals surface area (Å²) in [6, 6.07) is 19.5. The number of rotatable bonds is 5. The van der Waals surface area contributed by atoms with Crippen LogP contribution in [-0.2, 0) is 6.42 Å². The molecule has 0 amide bonds. The second-order valence-electron chi connectivity index (χ2n) is 7.73. The molecule has 3 aromatic carbocycles. The number of nitrogens with one attached hydrogen (secondary N) is 1. The van der Waals surface area contributed by atoms with Gasteiger partial charge in [0.05, 0.1) is 33.3 Å². The van der Waals surface area contributed by atoms with E-state index in [9.17, 15) is 4.39 Å². The van der Waals surface area contributed by atoms with E-state index in [2.05, 4.69) is 58.3 Å². The number of halogens is 2. The summed E-state index contributed by atoms with van der Waals surface area (Å²) < 4.78 is 14.4. The molecule has 5 heteroatoms. The van der Waals surface area contributed by atoms with Gasteiger partial charge in [-0.2, -0.15) is 0 Å². The van der Waals surface area contributed by atoms with E-state index in [4.69, 9.17) is 11.6 Å². The van der Waals surface area contributed by atoms with Gasteiger partial charge in [-0.25, -0.2) is 9.37 Å². The van der Waals surface area contributed by atoms with Gasteiger partial charge in [-0.1, -0.05) is 61.3 Å². The van der Waals surface area contributed by atoms with Crippen molar-refractivity contribution >= 4 is 33.5 Å². The second-order valence-corrected chi connectivity index (χ2v) is 8.14. The molecule has 1 N–H and O–H groups in total. The molecule has 0 aliphatic heterocycles. The number of hydrogen-bond donors (Lipinski definition) is 1. The molecule has 31 heavy (non-hydrogen) atoms. The predicted octanol–water partition coefficient (Wildman–Crippen LogP) is 7.58. The smallest absolute Gasteiger partial charge is 0.143 e. The molecule has 2 heterocycles. The minimum atomic E-state index is -0.409. The topological polar surface area (TPSA) is 41.6 Å². The lowest BCUT2D eigenvalue weighted by Gasteiger charge is -2.06. The summed E-state index contributed by atoms with van der Waals surface area (Å²) in [6.07, 6.45) is 5.26. The Morgan fingerprint density at radius 3 is 2.58 bits per heavy atom. The first-order chi connectivity index (χ1) is 15.1. The van der Waals surface area contributed by atoms with E-state index >= 15 is 0 Å². The number of aromatic amines is 1. The highest BCUT2D eigenvalue weighted by Crippen LogP contribution is 2.33. The van der Waals surface area contributed by atoms with Gasteiger partial charge in [0.1, 0.15) is 11.6 Å². The number of pyridine rings is 1. The Morgan fingerprint density at radius 1 is 1.00 bits per heavy atom. The zero-order valence-electron chi connectivity index (χ0n) is 17.1. The van der Waals surface area contributed by atoms with Gasteiger partial charge < -0.3 is 4.98 Å². The van der Waals surface area contributed by atoms with Gasteiger partial charge in [0.25, 0.3) is 0 Å². The number of aromatic nitrogens is 3. The van der Waals surface area contributed by atoms with Crippen molar-refractivity contribution in [1.82, 2.24) is 15.0 Å². The summed E-state index contributed by atoms with van der Waals surface area (Å²) in [5.41, 5.74) is 6.24. The van der Waals surface area contributed by atoms with E-state index in [-0.39, 0.29) is 5.56 Å². The fraction of sp³-hybridized carbons (Fsp3) is 0.154. The van der Waals surface area contributed by atoms with Crippen molar-refractivity contribution in [1.29, 1.82) is 0 Å². The van der Waals surface area contributed by atoms with E-state index in [1.54, 1.807) is 18.3 Å². The van der Waals surface area contributed by atoms with Gasteiger partial charge in [-0.15, -0.1) is 0 Å². The van der Waals surface area contributed by atoms with Crippen molar-refractivity contribution in [2.24, 2.45) is 0 Å². The van der Waals surface area contributed by atoms with E-state index in [1.165, 1.54) is 24.5 Å². The molecule has 3 nitrogen and oxygen atoms in total. The Kier molecular flexibility index (Phi) is 5.16. The van der Waals surface area contributed by atoms with E-state index in [0.717, 1.165) is 39.5 Å². The number of benzene rings is 3.